The van der Waals surface area contributed by atoms with E-state index >= 15 is 0 Å². The molecule has 75 heavy (non-hydrogen) atoms. The molecule has 0 aliphatic carbocycles. The van der Waals surface area contributed by atoms with Gasteiger partial charge in [-0.05, 0) is 93.8 Å². The maximum Gasteiger partial charge on any atom is 0.139 e. The highest BCUT2D eigenvalue weighted by molar-refractivity contribution is 5.84. The molecular formula is C65H100N10. The van der Waals surface area contributed by atoms with E-state index in [4.69, 9.17) is 0 Å². The summed E-state index contributed by atoms with van der Waals surface area (Å²) in [6, 6.07) is 30.0. The topological polar surface area (TPSA) is 89.1 Å². The first-order valence-corrected chi connectivity index (χ1v) is 28.0. The molecule has 0 aliphatic rings. The lowest BCUT2D eigenvalue weighted by atomic mass is 10.00. The summed E-state index contributed by atoms with van der Waals surface area (Å²) >= 11 is 0. The van der Waals surface area contributed by atoms with Crippen molar-refractivity contribution < 1.29 is 0 Å². The lowest BCUT2D eigenvalue weighted by Gasteiger charge is -2.06. The Bertz CT molecular complexity index is 3070. The predicted molar refractivity (Wildman–Crippen MR) is 331 cm³/mol. The summed E-state index contributed by atoms with van der Waals surface area (Å²) in [5.74, 6) is 2.84. The molecule has 0 atom stereocenters. The van der Waals surface area contributed by atoms with Gasteiger partial charge in [0.25, 0.3) is 0 Å². The van der Waals surface area contributed by atoms with Gasteiger partial charge in [0.05, 0.1) is 34.5 Å². The standard InChI is InChI=1S/5C11H14N2.5C2H6/c1-8(2)10-6-9-4-5-13(3)11(9)12-7-10;1-8(2)9-4-5-10-7-13(3)12-11(10)6-9;1-8(2)9-4-5-10-7-12-13(3)11(10)6-9;1-8(2)9-5-4-6-11-10(9)7-13(3)12-11;1-8(2)9-5-4-6-11-10(9)7-12-13(11)3;5*1-2/h5*4-8H,1-3H3;5*1-2H3. The molecule has 0 spiro atoms. The number of aromatic nitrogens is 10. The molecule has 0 radical (unpaired) electrons. The minimum absolute atomic E-state index is 0.553. The third-order valence-corrected chi connectivity index (χ3v) is 11.9. The number of pyridine rings is 1. The van der Waals surface area contributed by atoms with Crippen LogP contribution in [-0.4, -0.2) is 48.7 Å². The Labute approximate surface area is 454 Å². The first kappa shape index (κ1) is 66.5. The Kier molecular flexibility index (Phi) is 30.2. The summed E-state index contributed by atoms with van der Waals surface area (Å²) in [5.41, 5.74) is 12.5. The van der Waals surface area contributed by atoms with E-state index in [1.54, 1.807) is 0 Å². The molecule has 10 aromatic rings. The maximum atomic E-state index is 4.42. The molecule has 10 nitrogen and oxygen atoms in total. The largest absolute Gasteiger partial charge is 0.336 e. The first-order valence-electron chi connectivity index (χ1n) is 28.0. The minimum atomic E-state index is 0.553. The van der Waals surface area contributed by atoms with Crippen molar-refractivity contribution in [2.75, 3.05) is 0 Å². The van der Waals surface area contributed by atoms with E-state index in [9.17, 15) is 0 Å². The molecule has 410 valence electrons. The minimum Gasteiger partial charge on any atom is -0.336 e. The lowest BCUT2D eigenvalue weighted by molar-refractivity contribution is 0.779. The number of hydrogen-bond donors (Lipinski definition) is 0. The Morgan fingerprint density at radius 3 is 1.45 bits per heavy atom. The molecular weight excluding hydrogens is 921 g/mol. The zero-order valence-electron chi connectivity index (χ0n) is 51.4. The molecule has 0 fully saturated rings. The highest BCUT2D eigenvalue weighted by atomic mass is 15.3. The highest BCUT2D eigenvalue weighted by Gasteiger charge is 2.09. The molecule has 10 heteroatoms. The third kappa shape index (κ3) is 19.0. The SMILES string of the molecule is CC.CC.CC.CC.CC.CC(C)c1ccc2cn(C)nc2c1.CC(C)c1ccc2cnn(C)c2c1.CC(C)c1cccc2c1cnn2C.CC(C)c1cccc2nn(C)cc12.CC(C)c1cnc2c(ccn2C)c1. The second-order valence-electron chi connectivity index (χ2n) is 18.7. The van der Waals surface area contributed by atoms with Gasteiger partial charge < -0.3 is 4.57 Å². The number of benzene rings is 4. The molecule has 0 N–H and O–H groups in total. The summed E-state index contributed by atoms with van der Waals surface area (Å²) in [5, 5.41) is 23.4. The van der Waals surface area contributed by atoms with Crippen molar-refractivity contribution in [3.63, 3.8) is 0 Å². The van der Waals surface area contributed by atoms with Gasteiger partial charge >= 0.3 is 0 Å². The molecule has 6 aromatic heterocycles. The quantitative estimate of drug-likeness (QED) is 0.171. The molecule has 4 aromatic carbocycles. The maximum absolute atomic E-state index is 4.42. The zero-order chi connectivity index (χ0) is 57.1. The van der Waals surface area contributed by atoms with Gasteiger partial charge in [0.2, 0.25) is 0 Å². The Hall–Kier alpha value is -6.55. The molecule has 0 aliphatic heterocycles. The van der Waals surface area contributed by atoms with Crippen LogP contribution in [0.5, 0.6) is 0 Å². The molecule has 0 saturated heterocycles. The Morgan fingerprint density at radius 1 is 0.387 bits per heavy atom. The van der Waals surface area contributed by atoms with Gasteiger partial charge in [-0.2, -0.15) is 20.4 Å². The van der Waals surface area contributed by atoms with Crippen LogP contribution in [0.3, 0.4) is 0 Å². The fraction of sp³-hybridized carbons (Fsp3) is 0.462. The van der Waals surface area contributed by atoms with Crippen molar-refractivity contribution in [1.82, 2.24) is 48.7 Å². The predicted octanol–water partition coefficient (Wildman–Crippen LogP) is 18.6. The smallest absolute Gasteiger partial charge is 0.139 e. The Morgan fingerprint density at radius 2 is 0.880 bits per heavy atom. The van der Waals surface area contributed by atoms with Gasteiger partial charge in [0.1, 0.15) is 5.65 Å². The van der Waals surface area contributed by atoms with E-state index in [0.29, 0.717) is 29.6 Å². The van der Waals surface area contributed by atoms with E-state index in [0.717, 1.165) is 16.7 Å². The average Bonchev–Trinajstić information content (AvgIpc) is 4.27. The number of nitrogens with zero attached hydrogens (tertiary/aromatic N) is 10. The van der Waals surface area contributed by atoms with Crippen LogP contribution in [0.15, 0.2) is 122 Å². The van der Waals surface area contributed by atoms with E-state index in [2.05, 4.69) is 186 Å². The number of aryl methyl sites for hydroxylation is 5. The van der Waals surface area contributed by atoms with Crippen molar-refractivity contribution >= 4 is 54.6 Å². The van der Waals surface area contributed by atoms with Gasteiger partial charge in [-0.25, -0.2) is 4.98 Å². The van der Waals surface area contributed by atoms with E-state index in [1.165, 1.54) is 65.8 Å². The highest BCUT2D eigenvalue weighted by Crippen LogP contribution is 2.26. The molecule has 6 heterocycles. The summed E-state index contributed by atoms with van der Waals surface area (Å²) in [6.45, 7) is 42.0. The molecule has 0 amide bonds. The van der Waals surface area contributed by atoms with Crippen LogP contribution in [0.25, 0.3) is 54.6 Å². The van der Waals surface area contributed by atoms with Gasteiger partial charge in [0.15, 0.2) is 0 Å². The van der Waals surface area contributed by atoms with Crippen molar-refractivity contribution in [1.29, 1.82) is 0 Å². The number of rotatable bonds is 5. The van der Waals surface area contributed by atoms with Crippen molar-refractivity contribution in [2.24, 2.45) is 35.2 Å². The summed E-state index contributed by atoms with van der Waals surface area (Å²) in [7, 11) is 9.89. The summed E-state index contributed by atoms with van der Waals surface area (Å²) < 4.78 is 9.60. The summed E-state index contributed by atoms with van der Waals surface area (Å²) in [4.78, 5) is 4.42. The van der Waals surface area contributed by atoms with Gasteiger partial charge in [-0.1, -0.05) is 187 Å². The molecule has 0 saturated carbocycles. The zero-order valence-corrected chi connectivity index (χ0v) is 51.4. The second kappa shape index (κ2) is 34.1. The van der Waals surface area contributed by atoms with Crippen LogP contribution in [0.2, 0.25) is 0 Å². The fourth-order valence-electron chi connectivity index (χ4n) is 7.91. The lowest BCUT2D eigenvalue weighted by Crippen LogP contribution is -1.91. The summed E-state index contributed by atoms with van der Waals surface area (Å²) in [6.07, 6.45) is 12.0. The van der Waals surface area contributed by atoms with Crippen molar-refractivity contribution in [2.45, 2.75) is 168 Å². The van der Waals surface area contributed by atoms with Crippen LogP contribution < -0.4 is 0 Å². The monoisotopic (exact) mass is 1020 g/mol. The number of hydrogen-bond acceptors (Lipinski definition) is 5. The average molecular weight is 1020 g/mol. The van der Waals surface area contributed by atoms with E-state index in [-0.39, 0.29) is 0 Å². The second-order valence-corrected chi connectivity index (χ2v) is 18.7. The number of fused-ring (bicyclic) bond motifs is 5. The van der Waals surface area contributed by atoms with Crippen LogP contribution >= 0.6 is 0 Å². The fourth-order valence-corrected chi connectivity index (χ4v) is 7.91. The first-order chi connectivity index (χ1) is 35.9. The van der Waals surface area contributed by atoms with Crippen LogP contribution in [0.1, 0.15) is 196 Å². The molecule has 10 rings (SSSR count). The van der Waals surface area contributed by atoms with Gasteiger partial charge in [-0.3, -0.25) is 18.7 Å². The molecule has 0 bridgehead atoms. The van der Waals surface area contributed by atoms with Crippen LogP contribution in [-0.2, 0) is 35.2 Å². The van der Waals surface area contributed by atoms with E-state index < -0.39 is 0 Å². The van der Waals surface area contributed by atoms with Gasteiger partial charge in [0, 0.05) is 87.0 Å². The van der Waals surface area contributed by atoms with Crippen molar-refractivity contribution in [3.8, 4) is 0 Å². The van der Waals surface area contributed by atoms with Crippen molar-refractivity contribution in [3.05, 3.63) is 150 Å². The van der Waals surface area contributed by atoms with Gasteiger partial charge in [-0.15, -0.1) is 0 Å². The van der Waals surface area contributed by atoms with Crippen LogP contribution in [0, 0.1) is 0 Å². The van der Waals surface area contributed by atoms with Crippen LogP contribution in [0.4, 0.5) is 0 Å². The Balaban J connectivity index is 0.000000449. The van der Waals surface area contributed by atoms with E-state index in [1.807, 2.05) is 159 Å². The normalized spacial score (nSPS) is 10.3. The third-order valence-electron chi connectivity index (χ3n) is 11.9. The molecule has 0 unspecified atom stereocenters.